The second-order valence-electron chi connectivity index (χ2n) is 4.17. The van der Waals surface area contributed by atoms with E-state index in [-0.39, 0.29) is 0 Å². The minimum Gasteiger partial charge on any atom is -0.368 e. The number of nitrogens with zero attached hydrogens (tertiary/aromatic N) is 5. The van der Waals surface area contributed by atoms with Crippen molar-refractivity contribution in [2.45, 2.75) is 12.1 Å². The predicted octanol–water partition coefficient (Wildman–Crippen LogP) is 2.40. The highest BCUT2D eigenvalue weighted by Gasteiger charge is 2.13. The Kier molecular flexibility index (Phi) is 3.50. The molecular formula is C12H11IN6S. The van der Waals surface area contributed by atoms with Crippen molar-refractivity contribution in [3.63, 3.8) is 0 Å². The average molecular weight is 398 g/mol. The Labute approximate surface area is 133 Å². The molecule has 0 fully saturated rings. The number of nitrogens with two attached hydrogens (primary N) is 1. The van der Waals surface area contributed by atoms with Crippen molar-refractivity contribution in [2.24, 2.45) is 0 Å². The maximum absolute atomic E-state index is 5.89. The van der Waals surface area contributed by atoms with Crippen LogP contribution >= 0.6 is 34.4 Å². The molecule has 6 nitrogen and oxygen atoms in total. The number of hydrogen-bond donors (Lipinski definition) is 1. The van der Waals surface area contributed by atoms with Crippen LogP contribution in [0.3, 0.4) is 0 Å². The van der Waals surface area contributed by atoms with E-state index in [1.807, 2.05) is 25.3 Å². The third-order valence-electron chi connectivity index (χ3n) is 2.84. The summed E-state index contributed by atoms with van der Waals surface area (Å²) >= 11 is 3.69. The highest BCUT2D eigenvalue weighted by molar-refractivity contribution is 14.1. The summed E-state index contributed by atoms with van der Waals surface area (Å²) in [7, 11) is 0. The summed E-state index contributed by atoms with van der Waals surface area (Å²) in [6.45, 7) is 2.03. The van der Waals surface area contributed by atoms with Gasteiger partial charge in [0.15, 0.2) is 11.0 Å². The van der Waals surface area contributed by atoms with E-state index in [0.29, 0.717) is 22.7 Å². The maximum Gasteiger partial charge on any atom is 0.258 e. The largest absolute Gasteiger partial charge is 0.368 e. The van der Waals surface area contributed by atoms with Crippen LogP contribution < -0.4 is 5.73 Å². The van der Waals surface area contributed by atoms with Gasteiger partial charge >= 0.3 is 0 Å². The van der Waals surface area contributed by atoms with Crippen molar-refractivity contribution in [1.82, 2.24) is 24.6 Å². The summed E-state index contributed by atoms with van der Waals surface area (Å²) in [6, 6.07) is 6.14. The fraction of sp³-hybridized carbons (Fsp3) is 0.167. The van der Waals surface area contributed by atoms with E-state index in [9.17, 15) is 0 Å². The predicted molar refractivity (Wildman–Crippen MR) is 87.7 cm³/mol. The molecular weight excluding hydrogens is 387 g/mol. The molecule has 2 heterocycles. The third kappa shape index (κ3) is 2.33. The van der Waals surface area contributed by atoms with Gasteiger partial charge in [-0.1, -0.05) is 17.8 Å². The number of halogens is 1. The number of anilines is 1. The molecule has 0 aliphatic carbocycles. The van der Waals surface area contributed by atoms with E-state index >= 15 is 0 Å². The molecule has 2 aromatic heterocycles. The van der Waals surface area contributed by atoms with Gasteiger partial charge < -0.3 is 5.73 Å². The SMILES string of the molecule is CSc1nc(N)n2nc(-c3cc(I)ccc3C)nc2n1. The highest BCUT2D eigenvalue weighted by Crippen LogP contribution is 2.23. The molecule has 8 heteroatoms. The molecule has 0 atom stereocenters. The second kappa shape index (κ2) is 5.17. The molecule has 1 aromatic carbocycles. The molecule has 2 N–H and O–H groups in total. The fourth-order valence-electron chi connectivity index (χ4n) is 1.83. The molecule has 0 bridgehead atoms. The normalized spacial score (nSPS) is 11.2. The second-order valence-corrected chi connectivity index (χ2v) is 6.19. The Morgan fingerprint density at radius 2 is 2.05 bits per heavy atom. The van der Waals surface area contributed by atoms with Crippen molar-refractivity contribution >= 4 is 46.1 Å². The van der Waals surface area contributed by atoms with Crippen LogP contribution in [0.25, 0.3) is 17.2 Å². The zero-order valence-corrected chi connectivity index (χ0v) is 13.8. The lowest BCUT2D eigenvalue weighted by Gasteiger charge is -2.01. The van der Waals surface area contributed by atoms with Crippen LogP contribution in [0.15, 0.2) is 23.4 Å². The van der Waals surface area contributed by atoms with Gasteiger partial charge in [0, 0.05) is 9.13 Å². The molecule has 0 saturated heterocycles. The summed E-state index contributed by atoms with van der Waals surface area (Å²) in [6.07, 6.45) is 1.90. The number of nitrogen functional groups attached to an aromatic ring is 1. The number of benzene rings is 1. The summed E-state index contributed by atoms with van der Waals surface area (Å²) in [5.41, 5.74) is 7.97. The molecule has 0 unspecified atom stereocenters. The number of rotatable bonds is 2. The molecule has 0 aliphatic heterocycles. The molecule has 20 heavy (non-hydrogen) atoms. The lowest BCUT2D eigenvalue weighted by Crippen LogP contribution is -2.04. The van der Waals surface area contributed by atoms with Crippen LogP contribution in [0, 0.1) is 10.5 Å². The van der Waals surface area contributed by atoms with E-state index in [2.05, 4.69) is 48.7 Å². The number of hydrogen-bond acceptors (Lipinski definition) is 6. The zero-order chi connectivity index (χ0) is 14.3. The highest BCUT2D eigenvalue weighted by atomic mass is 127. The van der Waals surface area contributed by atoms with Gasteiger partial charge in [-0.15, -0.1) is 5.10 Å². The van der Waals surface area contributed by atoms with Crippen molar-refractivity contribution < 1.29 is 0 Å². The Morgan fingerprint density at radius 1 is 1.25 bits per heavy atom. The lowest BCUT2D eigenvalue weighted by molar-refractivity contribution is 0.851. The first-order valence-corrected chi connectivity index (χ1v) is 8.09. The van der Waals surface area contributed by atoms with Crippen LogP contribution in [0.1, 0.15) is 5.56 Å². The van der Waals surface area contributed by atoms with Gasteiger partial charge in [-0.3, -0.25) is 0 Å². The first-order chi connectivity index (χ1) is 9.58. The monoisotopic (exact) mass is 398 g/mol. The van der Waals surface area contributed by atoms with E-state index < -0.39 is 0 Å². The minimum atomic E-state index is 0.293. The Morgan fingerprint density at radius 3 is 2.80 bits per heavy atom. The Bertz CT molecular complexity index is 800. The lowest BCUT2D eigenvalue weighted by atomic mass is 10.1. The van der Waals surface area contributed by atoms with Gasteiger partial charge in [-0.05, 0) is 53.5 Å². The van der Waals surface area contributed by atoms with Gasteiger partial charge in [0.1, 0.15) is 0 Å². The van der Waals surface area contributed by atoms with Gasteiger partial charge in [0.05, 0.1) is 0 Å². The van der Waals surface area contributed by atoms with Crippen LogP contribution in [0.5, 0.6) is 0 Å². The summed E-state index contributed by atoms with van der Waals surface area (Å²) in [5, 5.41) is 4.99. The minimum absolute atomic E-state index is 0.293. The van der Waals surface area contributed by atoms with Gasteiger partial charge in [0.2, 0.25) is 5.95 Å². The van der Waals surface area contributed by atoms with Crippen molar-refractivity contribution in [3.8, 4) is 11.4 Å². The average Bonchev–Trinajstić information content (AvgIpc) is 2.85. The first kappa shape index (κ1) is 13.6. The number of aromatic nitrogens is 5. The topological polar surface area (TPSA) is 82.0 Å². The van der Waals surface area contributed by atoms with E-state index in [1.54, 1.807) is 0 Å². The summed E-state index contributed by atoms with van der Waals surface area (Å²) in [5.74, 6) is 1.37. The van der Waals surface area contributed by atoms with Crippen LogP contribution in [-0.2, 0) is 0 Å². The first-order valence-electron chi connectivity index (χ1n) is 5.79. The molecule has 3 aromatic rings. The Hall–Kier alpha value is -1.42. The van der Waals surface area contributed by atoms with E-state index in [1.165, 1.54) is 16.3 Å². The van der Waals surface area contributed by atoms with Crippen molar-refractivity contribution in [1.29, 1.82) is 0 Å². The van der Waals surface area contributed by atoms with Gasteiger partial charge in [-0.2, -0.15) is 19.5 Å². The van der Waals surface area contributed by atoms with E-state index in [0.717, 1.165) is 14.7 Å². The molecule has 0 radical (unpaired) electrons. The third-order valence-corrected chi connectivity index (χ3v) is 4.05. The van der Waals surface area contributed by atoms with Gasteiger partial charge in [0.25, 0.3) is 5.78 Å². The molecule has 0 aliphatic rings. The molecule has 3 rings (SSSR count). The Balaban J connectivity index is 2.22. The smallest absolute Gasteiger partial charge is 0.258 e. The standard InChI is InChI=1S/C12H11IN6S/c1-6-3-4-7(13)5-8(6)9-15-11-17-12(20-2)16-10(14)19(11)18-9/h3-5H,1-2H3,(H2,14,15,16,17,18). The van der Waals surface area contributed by atoms with Crippen molar-refractivity contribution in [2.75, 3.05) is 12.0 Å². The molecule has 0 amide bonds. The molecule has 0 spiro atoms. The maximum atomic E-state index is 5.89. The summed E-state index contributed by atoms with van der Waals surface area (Å²) in [4.78, 5) is 12.9. The van der Waals surface area contributed by atoms with Crippen LogP contribution in [0.4, 0.5) is 5.95 Å². The zero-order valence-electron chi connectivity index (χ0n) is 10.8. The molecule has 102 valence electrons. The quantitative estimate of drug-likeness (QED) is 0.528. The van der Waals surface area contributed by atoms with Crippen LogP contribution in [-0.4, -0.2) is 30.8 Å². The van der Waals surface area contributed by atoms with Crippen molar-refractivity contribution in [3.05, 3.63) is 27.3 Å². The fourth-order valence-corrected chi connectivity index (χ4v) is 2.68. The van der Waals surface area contributed by atoms with E-state index in [4.69, 9.17) is 5.73 Å². The molecule has 0 saturated carbocycles. The number of thioether (sulfide) groups is 1. The summed E-state index contributed by atoms with van der Waals surface area (Å²) < 4.78 is 2.60. The van der Waals surface area contributed by atoms with Crippen LogP contribution in [0.2, 0.25) is 0 Å². The number of aryl methyl sites for hydroxylation is 1. The number of fused-ring (bicyclic) bond motifs is 1. The van der Waals surface area contributed by atoms with Gasteiger partial charge in [-0.25, -0.2) is 0 Å².